The van der Waals surface area contributed by atoms with Crippen molar-refractivity contribution in [2.24, 2.45) is 5.92 Å². The molecule has 2 heteroatoms. The highest BCUT2D eigenvalue weighted by Crippen LogP contribution is 2.32. The number of nitrogens with one attached hydrogen (secondary N) is 1. The third kappa shape index (κ3) is 3.24. The van der Waals surface area contributed by atoms with Gasteiger partial charge in [0.25, 0.3) is 0 Å². The molecule has 0 spiro atoms. The third-order valence-electron chi connectivity index (χ3n) is 3.19. The minimum atomic E-state index is 0.659. The van der Waals surface area contributed by atoms with E-state index in [2.05, 4.69) is 24.4 Å². The van der Waals surface area contributed by atoms with Crippen molar-refractivity contribution in [2.75, 3.05) is 6.61 Å². The maximum Gasteiger partial charge on any atom is 0.119 e. The number of benzene rings is 1. The van der Waals surface area contributed by atoms with Gasteiger partial charge in [-0.3, -0.25) is 0 Å². The fourth-order valence-corrected chi connectivity index (χ4v) is 1.91. The van der Waals surface area contributed by atoms with Gasteiger partial charge in [-0.05, 0) is 50.3 Å². The first kappa shape index (κ1) is 11.5. The van der Waals surface area contributed by atoms with Crippen molar-refractivity contribution in [1.82, 2.24) is 5.32 Å². The lowest BCUT2D eigenvalue weighted by atomic mass is 10.1. The molecule has 1 N–H and O–H groups in total. The van der Waals surface area contributed by atoms with E-state index in [0.29, 0.717) is 6.04 Å². The average molecular weight is 219 g/mol. The molecule has 1 atom stereocenters. The van der Waals surface area contributed by atoms with Crippen molar-refractivity contribution in [2.45, 2.75) is 39.3 Å². The Bertz CT molecular complexity index is 316. The summed E-state index contributed by atoms with van der Waals surface area (Å²) in [6.45, 7) is 5.99. The van der Waals surface area contributed by atoms with Crippen LogP contribution in [0.25, 0.3) is 0 Å². The van der Waals surface area contributed by atoms with Crippen molar-refractivity contribution in [1.29, 1.82) is 0 Å². The second-order valence-corrected chi connectivity index (χ2v) is 4.58. The van der Waals surface area contributed by atoms with E-state index < -0.39 is 0 Å². The summed E-state index contributed by atoms with van der Waals surface area (Å²) in [5.74, 6) is 1.88. The van der Waals surface area contributed by atoms with Gasteiger partial charge in [0.1, 0.15) is 5.75 Å². The molecule has 0 amide bonds. The van der Waals surface area contributed by atoms with E-state index >= 15 is 0 Å². The van der Waals surface area contributed by atoms with Gasteiger partial charge in [0.15, 0.2) is 0 Å². The zero-order chi connectivity index (χ0) is 11.4. The van der Waals surface area contributed by atoms with E-state index in [-0.39, 0.29) is 0 Å². The van der Waals surface area contributed by atoms with E-state index in [0.717, 1.165) is 24.8 Å². The Balaban J connectivity index is 1.79. The normalized spacial score (nSPS) is 17.1. The van der Waals surface area contributed by atoms with Crippen molar-refractivity contribution in [3.05, 3.63) is 29.8 Å². The molecule has 1 aromatic rings. The van der Waals surface area contributed by atoms with Crippen LogP contribution in [0, 0.1) is 5.92 Å². The van der Waals surface area contributed by atoms with Crippen LogP contribution in [-0.2, 0) is 6.54 Å². The molecule has 0 saturated heterocycles. The molecule has 0 bridgehead atoms. The molecule has 1 aliphatic rings. The summed E-state index contributed by atoms with van der Waals surface area (Å²) in [5.41, 5.74) is 1.33. The molecular formula is C14H21NO. The van der Waals surface area contributed by atoms with Crippen LogP contribution in [-0.4, -0.2) is 12.6 Å². The monoisotopic (exact) mass is 219 g/mol. The first-order valence-corrected chi connectivity index (χ1v) is 6.24. The minimum Gasteiger partial charge on any atom is -0.494 e. The van der Waals surface area contributed by atoms with E-state index in [1.54, 1.807) is 0 Å². The Hall–Kier alpha value is -1.02. The molecule has 16 heavy (non-hydrogen) atoms. The SMILES string of the molecule is CCOc1ccc(CNC(C)C2CC2)cc1. The Morgan fingerprint density at radius 2 is 2.00 bits per heavy atom. The molecule has 88 valence electrons. The van der Waals surface area contributed by atoms with Gasteiger partial charge in [0.2, 0.25) is 0 Å². The van der Waals surface area contributed by atoms with E-state index in [1.807, 2.05) is 19.1 Å². The maximum absolute atomic E-state index is 5.41. The van der Waals surface area contributed by atoms with Gasteiger partial charge in [-0.25, -0.2) is 0 Å². The van der Waals surface area contributed by atoms with Crippen LogP contribution < -0.4 is 10.1 Å². The topological polar surface area (TPSA) is 21.3 Å². The first-order chi connectivity index (χ1) is 7.79. The van der Waals surface area contributed by atoms with Crippen LogP contribution >= 0.6 is 0 Å². The fraction of sp³-hybridized carbons (Fsp3) is 0.571. The van der Waals surface area contributed by atoms with Crippen LogP contribution in [0.1, 0.15) is 32.3 Å². The van der Waals surface area contributed by atoms with Gasteiger partial charge >= 0.3 is 0 Å². The summed E-state index contributed by atoms with van der Waals surface area (Å²) < 4.78 is 5.41. The summed E-state index contributed by atoms with van der Waals surface area (Å²) in [5, 5.41) is 3.57. The predicted molar refractivity (Wildman–Crippen MR) is 66.6 cm³/mol. The lowest BCUT2D eigenvalue weighted by molar-refractivity contribution is 0.340. The van der Waals surface area contributed by atoms with Gasteiger partial charge in [-0.1, -0.05) is 12.1 Å². The zero-order valence-corrected chi connectivity index (χ0v) is 10.2. The van der Waals surface area contributed by atoms with Crippen molar-refractivity contribution in [3.8, 4) is 5.75 Å². The lowest BCUT2D eigenvalue weighted by Gasteiger charge is -2.12. The van der Waals surface area contributed by atoms with E-state index in [9.17, 15) is 0 Å². The molecule has 1 aliphatic carbocycles. The number of hydrogen-bond acceptors (Lipinski definition) is 2. The molecule has 0 aromatic heterocycles. The van der Waals surface area contributed by atoms with Crippen molar-refractivity contribution in [3.63, 3.8) is 0 Å². The van der Waals surface area contributed by atoms with Gasteiger partial charge in [0, 0.05) is 12.6 Å². The second kappa shape index (κ2) is 5.35. The third-order valence-corrected chi connectivity index (χ3v) is 3.19. The molecular weight excluding hydrogens is 198 g/mol. The van der Waals surface area contributed by atoms with Crippen LogP contribution in [0.4, 0.5) is 0 Å². The molecule has 0 aliphatic heterocycles. The molecule has 1 unspecified atom stereocenters. The number of hydrogen-bond donors (Lipinski definition) is 1. The Kier molecular flexibility index (Phi) is 3.83. The Morgan fingerprint density at radius 3 is 2.56 bits per heavy atom. The highest BCUT2D eigenvalue weighted by molar-refractivity contribution is 5.27. The standard InChI is InChI=1S/C14H21NO/c1-3-16-14-8-4-12(5-9-14)10-15-11(2)13-6-7-13/h4-5,8-9,11,13,15H,3,6-7,10H2,1-2H3. The van der Waals surface area contributed by atoms with Crippen LogP contribution in [0.2, 0.25) is 0 Å². The highest BCUT2D eigenvalue weighted by Gasteiger charge is 2.27. The quantitative estimate of drug-likeness (QED) is 0.794. The zero-order valence-electron chi connectivity index (χ0n) is 10.2. The van der Waals surface area contributed by atoms with Crippen LogP contribution in [0.5, 0.6) is 5.75 Å². The summed E-state index contributed by atoms with van der Waals surface area (Å²) in [4.78, 5) is 0. The van der Waals surface area contributed by atoms with Crippen LogP contribution in [0.3, 0.4) is 0 Å². The minimum absolute atomic E-state index is 0.659. The highest BCUT2D eigenvalue weighted by atomic mass is 16.5. The summed E-state index contributed by atoms with van der Waals surface area (Å²) in [6.07, 6.45) is 2.80. The average Bonchev–Trinajstić information content (AvgIpc) is 3.12. The molecule has 1 saturated carbocycles. The van der Waals surface area contributed by atoms with Gasteiger partial charge in [0.05, 0.1) is 6.61 Å². The molecule has 1 aromatic carbocycles. The lowest BCUT2D eigenvalue weighted by Crippen LogP contribution is -2.27. The predicted octanol–water partition coefficient (Wildman–Crippen LogP) is 2.97. The number of ether oxygens (including phenoxy) is 1. The van der Waals surface area contributed by atoms with Gasteiger partial charge in [-0.15, -0.1) is 0 Å². The second-order valence-electron chi connectivity index (χ2n) is 4.58. The molecule has 0 radical (unpaired) electrons. The maximum atomic E-state index is 5.41. The Morgan fingerprint density at radius 1 is 1.31 bits per heavy atom. The van der Waals surface area contributed by atoms with Crippen molar-refractivity contribution >= 4 is 0 Å². The summed E-state index contributed by atoms with van der Waals surface area (Å²) in [7, 11) is 0. The molecule has 1 fully saturated rings. The smallest absolute Gasteiger partial charge is 0.119 e. The molecule has 0 heterocycles. The van der Waals surface area contributed by atoms with Gasteiger partial charge in [-0.2, -0.15) is 0 Å². The molecule has 2 rings (SSSR count). The van der Waals surface area contributed by atoms with E-state index in [4.69, 9.17) is 4.74 Å². The summed E-state index contributed by atoms with van der Waals surface area (Å²) in [6, 6.07) is 9.02. The number of rotatable bonds is 6. The van der Waals surface area contributed by atoms with Gasteiger partial charge < -0.3 is 10.1 Å². The van der Waals surface area contributed by atoms with Crippen LogP contribution in [0.15, 0.2) is 24.3 Å². The van der Waals surface area contributed by atoms with Crippen molar-refractivity contribution < 1.29 is 4.74 Å². The largest absolute Gasteiger partial charge is 0.494 e. The first-order valence-electron chi connectivity index (χ1n) is 6.24. The molecule has 2 nitrogen and oxygen atoms in total. The Labute approximate surface area is 98.0 Å². The fourth-order valence-electron chi connectivity index (χ4n) is 1.91. The summed E-state index contributed by atoms with van der Waals surface area (Å²) >= 11 is 0. The van der Waals surface area contributed by atoms with E-state index in [1.165, 1.54) is 18.4 Å².